The van der Waals surface area contributed by atoms with Gasteiger partial charge in [-0.3, -0.25) is 9.59 Å². The van der Waals surface area contributed by atoms with E-state index in [9.17, 15) is 9.59 Å². The molecule has 1 amide bonds. The standard InChI is InChI=1S/C24H25ClN4O3S/c1-32-21-7-3-6-20(15-21)28-8-10-29(11-9-28)23(31)14-19-13-22(30)27-24(26-19)33-16-17-4-2-5-18(25)12-17/h2-7,12-13,15H,8-11,14,16H2,1H3,(H,26,27,30). The molecule has 4 rings (SSSR count). The van der Waals surface area contributed by atoms with Crippen LogP contribution >= 0.6 is 23.4 Å². The van der Waals surface area contributed by atoms with Crippen LogP contribution in [-0.2, 0) is 17.0 Å². The zero-order chi connectivity index (χ0) is 23.2. The van der Waals surface area contributed by atoms with Gasteiger partial charge in [0.15, 0.2) is 5.16 Å². The number of rotatable bonds is 7. The van der Waals surface area contributed by atoms with Crippen molar-refractivity contribution < 1.29 is 9.53 Å². The minimum Gasteiger partial charge on any atom is -0.497 e. The van der Waals surface area contributed by atoms with Gasteiger partial charge in [0.05, 0.1) is 19.2 Å². The molecule has 33 heavy (non-hydrogen) atoms. The number of carbonyl (C=O) groups is 1. The van der Waals surface area contributed by atoms with Crippen LogP contribution in [0.4, 0.5) is 5.69 Å². The number of piperazine rings is 1. The molecule has 1 aliphatic rings. The minimum atomic E-state index is -0.260. The predicted molar refractivity (Wildman–Crippen MR) is 131 cm³/mol. The molecule has 2 heterocycles. The number of amides is 1. The molecule has 0 radical (unpaired) electrons. The molecular weight excluding hydrogens is 460 g/mol. The monoisotopic (exact) mass is 484 g/mol. The Morgan fingerprint density at radius 3 is 2.67 bits per heavy atom. The molecule has 0 bridgehead atoms. The molecule has 1 aromatic heterocycles. The number of nitrogens with one attached hydrogen (secondary N) is 1. The summed E-state index contributed by atoms with van der Waals surface area (Å²) in [5.41, 5.74) is 2.33. The molecule has 0 spiro atoms. The summed E-state index contributed by atoms with van der Waals surface area (Å²) >= 11 is 7.44. The number of hydrogen-bond donors (Lipinski definition) is 1. The maximum absolute atomic E-state index is 12.9. The Bertz CT molecular complexity index is 1180. The molecule has 1 N–H and O–H groups in total. The van der Waals surface area contributed by atoms with Crippen molar-refractivity contribution in [2.75, 3.05) is 38.2 Å². The Morgan fingerprint density at radius 2 is 1.91 bits per heavy atom. The molecule has 172 valence electrons. The highest BCUT2D eigenvalue weighted by Crippen LogP contribution is 2.23. The summed E-state index contributed by atoms with van der Waals surface area (Å²) in [6.45, 7) is 2.72. The highest BCUT2D eigenvalue weighted by molar-refractivity contribution is 7.98. The second kappa shape index (κ2) is 10.8. The van der Waals surface area contributed by atoms with Gasteiger partial charge in [0.2, 0.25) is 5.91 Å². The van der Waals surface area contributed by atoms with Crippen LogP contribution in [0.3, 0.4) is 0 Å². The number of H-pyrrole nitrogens is 1. The first kappa shape index (κ1) is 23.2. The number of aromatic amines is 1. The van der Waals surface area contributed by atoms with Crippen LogP contribution in [0.2, 0.25) is 5.02 Å². The van der Waals surface area contributed by atoms with Crippen molar-refractivity contribution in [1.29, 1.82) is 0 Å². The molecule has 0 atom stereocenters. The third-order valence-electron chi connectivity index (χ3n) is 5.42. The van der Waals surface area contributed by atoms with Crippen molar-refractivity contribution in [1.82, 2.24) is 14.9 Å². The number of benzene rings is 2. The van der Waals surface area contributed by atoms with Crippen LogP contribution in [0.15, 0.2) is 64.5 Å². The van der Waals surface area contributed by atoms with E-state index in [1.165, 1.54) is 17.8 Å². The predicted octanol–water partition coefficient (Wildman–Crippen LogP) is 3.62. The van der Waals surface area contributed by atoms with Crippen LogP contribution in [0.25, 0.3) is 0 Å². The van der Waals surface area contributed by atoms with Crippen LogP contribution < -0.4 is 15.2 Å². The van der Waals surface area contributed by atoms with E-state index in [1.807, 2.05) is 53.4 Å². The molecule has 9 heteroatoms. The number of hydrogen-bond acceptors (Lipinski definition) is 6. The van der Waals surface area contributed by atoms with E-state index < -0.39 is 0 Å². The van der Waals surface area contributed by atoms with Gasteiger partial charge in [0.1, 0.15) is 5.75 Å². The molecule has 0 saturated carbocycles. The first-order valence-electron chi connectivity index (χ1n) is 10.6. The van der Waals surface area contributed by atoms with Crippen molar-refractivity contribution in [3.8, 4) is 5.75 Å². The second-order valence-electron chi connectivity index (χ2n) is 7.71. The average molecular weight is 485 g/mol. The molecule has 1 aliphatic heterocycles. The quantitative estimate of drug-likeness (QED) is 0.407. The van der Waals surface area contributed by atoms with Crippen molar-refractivity contribution in [3.63, 3.8) is 0 Å². The Hall–Kier alpha value is -2.97. The SMILES string of the molecule is COc1cccc(N2CCN(C(=O)Cc3cc(=O)[nH]c(SCc4cccc(Cl)c4)n3)CC2)c1. The summed E-state index contributed by atoms with van der Waals surface area (Å²) in [6, 6.07) is 16.9. The van der Waals surface area contributed by atoms with Gasteiger partial charge in [0, 0.05) is 54.8 Å². The van der Waals surface area contributed by atoms with E-state index in [1.54, 1.807) is 7.11 Å². The zero-order valence-corrected chi connectivity index (χ0v) is 19.9. The number of aromatic nitrogens is 2. The van der Waals surface area contributed by atoms with Gasteiger partial charge in [-0.05, 0) is 29.8 Å². The number of anilines is 1. The number of methoxy groups -OCH3 is 1. The molecule has 0 aliphatic carbocycles. The maximum atomic E-state index is 12.9. The second-order valence-corrected chi connectivity index (χ2v) is 9.11. The zero-order valence-electron chi connectivity index (χ0n) is 18.3. The fourth-order valence-corrected chi connectivity index (χ4v) is 4.76. The third-order valence-corrected chi connectivity index (χ3v) is 6.60. The Balaban J connectivity index is 1.34. The van der Waals surface area contributed by atoms with Crippen LogP contribution in [0.5, 0.6) is 5.75 Å². The Kier molecular flexibility index (Phi) is 7.57. The molecule has 1 fully saturated rings. The molecule has 3 aromatic rings. The van der Waals surface area contributed by atoms with Crippen LogP contribution in [0, 0.1) is 0 Å². The number of halogens is 1. The third kappa shape index (κ3) is 6.30. The fourth-order valence-electron chi connectivity index (χ4n) is 3.71. The lowest BCUT2D eigenvalue weighted by Crippen LogP contribution is -2.49. The maximum Gasteiger partial charge on any atom is 0.251 e. The summed E-state index contributed by atoms with van der Waals surface area (Å²) in [7, 11) is 1.65. The Labute approximate surface area is 201 Å². The molecule has 1 saturated heterocycles. The van der Waals surface area contributed by atoms with Crippen molar-refractivity contribution in [3.05, 3.63) is 81.2 Å². The first-order chi connectivity index (χ1) is 16.0. The van der Waals surface area contributed by atoms with Gasteiger partial charge in [0.25, 0.3) is 5.56 Å². The highest BCUT2D eigenvalue weighted by atomic mass is 35.5. The normalized spacial score (nSPS) is 13.8. The van der Waals surface area contributed by atoms with E-state index in [4.69, 9.17) is 16.3 Å². The first-order valence-corrected chi connectivity index (χ1v) is 12.0. The van der Waals surface area contributed by atoms with Gasteiger partial charge in [-0.2, -0.15) is 0 Å². The summed E-state index contributed by atoms with van der Waals surface area (Å²) < 4.78 is 5.30. The smallest absolute Gasteiger partial charge is 0.251 e. The van der Waals surface area contributed by atoms with E-state index >= 15 is 0 Å². The van der Waals surface area contributed by atoms with Gasteiger partial charge in [-0.1, -0.05) is 41.6 Å². The van der Waals surface area contributed by atoms with E-state index in [-0.39, 0.29) is 17.9 Å². The van der Waals surface area contributed by atoms with Crippen molar-refractivity contribution >= 4 is 35.0 Å². The van der Waals surface area contributed by atoms with E-state index in [2.05, 4.69) is 14.9 Å². The lowest BCUT2D eigenvalue weighted by atomic mass is 10.2. The highest BCUT2D eigenvalue weighted by Gasteiger charge is 2.22. The van der Waals surface area contributed by atoms with Gasteiger partial charge in [-0.15, -0.1) is 0 Å². The molecule has 7 nitrogen and oxygen atoms in total. The molecule has 2 aromatic carbocycles. The van der Waals surface area contributed by atoms with Crippen LogP contribution in [-0.4, -0.2) is 54.1 Å². The topological polar surface area (TPSA) is 78.5 Å². The van der Waals surface area contributed by atoms with Crippen LogP contribution in [0.1, 0.15) is 11.3 Å². The molecule has 0 unspecified atom stereocenters. The summed E-state index contributed by atoms with van der Waals surface area (Å²) in [5, 5.41) is 1.16. The van der Waals surface area contributed by atoms with Crippen molar-refractivity contribution in [2.24, 2.45) is 0 Å². The largest absolute Gasteiger partial charge is 0.497 e. The van der Waals surface area contributed by atoms with Gasteiger partial charge < -0.3 is 19.5 Å². The number of thioether (sulfide) groups is 1. The number of ether oxygens (including phenoxy) is 1. The van der Waals surface area contributed by atoms with E-state index in [0.717, 1.165) is 30.1 Å². The van der Waals surface area contributed by atoms with Gasteiger partial charge >= 0.3 is 0 Å². The number of carbonyl (C=O) groups excluding carboxylic acids is 1. The van der Waals surface area contributed by atoms with Crippen molar-refractivity contribution in [2.45, 2.75) is 17.3 Å². The van der Waals surface area contributed by atoms with E-state index in [0.29, 0.717) is 34.7 Å². The molecular formula is C24H25ClN4O3S. The lowest BCUT2D eigenvalue weighted by Gasteiger charge is -2.36. The summed E-state index contributed by atoms with van der Waals surface area (Å²) in [4.78, 5) is 36.3. The lowest BCUT2D eigenvalue weighted by molar-refractivity contribution is -0.130. The summed E-state index contributed by atoms with van der Waals surface area (Å²) in [5.74, 6) is 1.41. The average Bonchev–Trinajstić information content (AvgIpc) is 2.82. The van der Waals surface area contributed by atoms with Gasteiger partial charge in [-0.25, -0.2) is 4.98 Å². The minimum absolute atomic E-state index is 0.0239. The summed E-state index contributed by atoms with van der Waals surface area (Å²) in [6.07, 6.45) is 0.105. The Morgan fingerprint density at radius 1 is 1.12 bits per heavy atom. The number of nitrogens with zero attached hydrogens (tertiary/aromatic N) is 3. The fraction of sp³-hybridized carbons (Fsp3) is 0.292.